The van der Waals surface area contributed by atoms with Gasteiger partial charge in [-0.05, 0) is 30.2 Å². The van der Waals surface area contributed by atoms with E-state index in [1.54, 1.807) is 0 Å². The van der Waals surface area contributed by atoms with E-state index in [2.05, 4.69) is 27.8 Å². The summed E-state index contributed by atoms with van der Waals surface area (Å²) in [6.07, 6.45) is 3.61. The fraction of sp³-hybridized carbons (Fsp3) is 0.333. The summed E-state index contributed by atoms with van der Waals surface area (Å²) in [7, 11) is 0. The lowest BCUT2D eigenvalue weighted by Crippen LogP contribution is -2.45. The Morgan fingerprint density at radius 3 is 2.70 bits per heavy atom. The van der Waals surface area contributed by atoms with Crippen molar-refractivity contribution in [2.45, 2.75) is 45.1 Å². The van der Waals surface area contributed by atoms with Crippen molar-refractivity contribution in [1.82, 2.24) is 15.5 Å². The van der Waals surface area contributed by atoms with Gasteiger partial charge in [-0.25, -0.2) is 0 Å². The number of hydrogen-bond donors (Lipinski definition) is 2. The molecule has 8 nitrogen and oxygen atoms in total. The van der Waals surface area contributed by atoms with Gasteiger partial charge in [0.15, 0.2) is 11.5 Å². The van der Waals surface area contributed by atoms with Crippen molar-refractivity contribution in [2.75, 3.05) is 12.1 Å². The molecule has 0 fully saturated rings. The first kappa shape index (κ1) is 22.7. The van der Waals surface area contributed by atoms with E-state index in [1.807, 2.05) is 48.5 Å². The van der Waals surface area contributed by atoms with Gasteiger partial charge < -0.3 is 14.8 Å². The van der Waals surface area contributed by atoms with Crippen LogP contribution in [0.2, 0.25) is 0 Å². The number of rotatable bonds is 10. The number of nitrogens with one attached hydrogen (secondary N) is 2. The van der Waals surface area contributed by atoms with E-state index in [0.717, 1.165) is 30.4 Å². The molecule has 0 spiro atoms. The van der Waals surface area contributed by atoms with Gasteiger partial charge in [0.25, 0.3) is 0 Å². The number of nitrogens with zero attached hydrogens (tertiary/aromatic N) is 2. The largest absolute Gasteiger partial charge is 0.454 e. The Morgan fingerprint density at radius 2 is 1.88 bits per heavy atom. The van der Waals surface area contributed by atoms with Gasteiger partial charge >= 0.3 is 0 Å². The van der Waals surface area contributed by atoms with Gasteiger partial charge in [0.1, 0.15) is 11.0 Å². The molecule has 1 aliphatic rings. The summed E-state index contributed by atoms with van der Waals surface area (Å²) in [4.78, 5) is 25.5. The molecule has 172 valence electrons. The summed E-state index contributed by atoms with van der Waals surface area (Å²) < 4.78 is 10.8. The standard InChI is InChI=1S/C24H26N4O4S/c1-2-3-5-10-21(29)25-18(13-16-8-6-4-7-9-16)22(30)26-24-28-27-23(33-24)17-11-12-19-20(14-17)32-15-31-19/h4,6-9,11-12,14,18H,2-3,5,10,13,15H2,1H3,(H,25,29)(H,26,28,30). The summed E-state index contributed by atoms with van der Waals surface area (Å²) in [5.74, 6) is 0.895. The molecule has 1 atom stereocenters. The van der Waals surface area contributed by atoms with Crippen molar-refractivity contribution >= 4 is 28.3 Å². The van der Waals surface area contributed by atoms with E-state index in [4.69, 9.17) is 9.47 Å². The maximum Gasteiger partial charge on any atom is 0.249 e. The molecule has 0 radical (unpaired) electrons. The highest BCUT2D eigenvalue weighted by Gasteiger charge is 2.23. The highest BCUT2D eigenvalue weighted by Crippen LogP contribution is 2.37. The van der Waals surface area contributed by atoms with Gasteiger partial charge in [0.2, 0.25) is 23.7 Å². The molecule has 0 bridgehead atoms. The van der Waals surface area contributed by atoms with Gasteiger partial charge in [-0.2, -0.15) is 0 Å². The maximum atomic E-state index is 13.1. The zero-order valence-electron chi connectivity index (χ0n) is 18.4. The number of hydrogen-bond acceptors (Lipinski definition) is 7. The third kappa shape index (κ3) is 6.07. The molecule has 0 saturated heterocycles. The van der Waals surface area contributed by atoms with Crippen LogP contribution in [0.3, 0.4) is 0 Å². The van der Waals surface area contributed by atoms with Crippen LogP contribution >= 0.6 is 11.3 Å². The molecule has 1 aromatic heterocycles. The zero-order valence-corrected chi connectivity index (χ0v) is 19.2. The number of unbranched alkanes of at least 4 members (excludes halogenated alkanes) is 2. The van der Waals surface area contributed by atoms with Gasteiger partial charge in [0.05, 0.1) is 0 Å². The van der Waals surface area contributed by atoms with Crippen LogP contribution in [0.5, 0.6) is 11.5 Å². The van der Waals surface area contributed by atoms with Crippen LogP contribution in [-0.2, 0) is 16.0 Å². The van der Waals surface area contributed by atoms with Crippen molar-refractivity contribution in [1.29, 1.82) is 0 Å². The van der Waals surface area contributed by atoms with Crippen LogP contribution in [0, 0.1) is 0 Å². The number of carbonyl (C=O) groups excluding carboxylic acids is 2. The fourth-order valence-electron chi connectivity index (χ4n) is 3.47. The van der Waals surface area contributed by atoms with Crippen LogP contribution in [0.1, 0.15) is 38.2 Å². The zero-order chi connectivity index (χ0) is 23.0. The summed E-state index contributed by atoms with van der Waals surface area (Å²) >= 11 is 1.26. The Balaban J connectivity index is 1.44. The Labute approximate surface area is 196 Å². The molecular weight excluding hydrogens is 440 g/mol. The van der Waals surface area contributed by atoms with Crippen molar-refractivity contribution in [3.63, 3.8) is 0 Å². The molecule has 0 saturated carbocycles. The van der Waals surface area contributed by atoms with Crippen LogP contribution in [0.15, 0.2) is 48.5 Å². The first-order valence-electron chi connectivity index (χ1n) is 11.0. The number of ether oxygens (including phenoxy) is 2. The molecule has 2 amide bonds. The van der Waals surface area contributed by atoms with E-state index < -0.39 is 6.04 Å². The number of fused-ring (bicyclic) bond motifs is 1. The van der Waals surface area contributed by atoms with Crippen molar-refractivity contribution in [2.24, 2.45) is 0 Å². The van der Waals surface area contributed by atoms with E-state index in [1.165, 1.54) is 11.3 Å². The smallest absolute Gasteiger partial charge is 0.249 e. The summed E-state index contributed by atoms with van der Waals surface area (Å²) in [6, 6.07) is 14.4. The monoisotopic (exact) mass is 466 g/mol. The lowest BCUT2D eigenvalue weighted by molar-refractivity contribution is -0.126. The molecule has 2 aromatic carbocycles. The van der Waals surface area contributed by atoms with Crippen LogP contribution in [0.4, 0.5) is 5.13 Å². The number of anilines is 1. The Bertz CT molecular complexity index is 1100. The first-order valence-corrected chi connectivity index (χ1v) is 11.8. The minimum absolute atomic E-state index is 0.127. The minimum Gasteiger partial charge on any atom is -0.454 e. The lowest BCUT2D eigenvalue weighted by atomic mass is 10.0. The van der Waals surface area contributed by atoms with E-state index in [-0.39, 0.29) is 18.6 Å². The Hall–Kier alpha value is -3.46. The molecule has 9 heteroatoms. The molecule has 2 heterocycles. The second kappa shape index (κ2) is 10.9. The fourth-order valence-corrected chi connectivity index (χ4v) is 4.22. The highest BCUT2D eigenvalue weighted by molar-refractivity contribution is 7.18. The van der Waals surface area contributed by atoms with Crippen molar-refractivity contribution < 1.29 is 19.1 Å². The molecule has 4 rings (SSSR count). The van der Waals surface area contributed by atoms with E-state index in [9.17, 15) is 9.59 Å². The topological polar surface area (TPSA) is 102 Å². The number of benzene rings is 2. The molecule has 33 heavy (non-hydrogen) atoms. The summed E-state index contributed by atoms with van der Waals surface area (Å²) in [5, 5.41) is 15.0. The number of amides is 2. The Morgan fingerprint density at radius 1 is 1.06 bits per heavy atom. The Kier molecular flexibility index (Phi) is 7.51. The number of aromatic nitrogens is 2. The summed E-state index contributed by atoms with van der Waals surface area (Å²) in [6.45, 7) is 2.28. The second-order valence-corrected chi connectivity index (χ2v) is 8.71. The lowest BCUT2D eigenvalue weighted by Gasteiger charge is -2.18. The van der Waals surface area contributed by atoms with E-state index in [0.29, 0.717) is 34.5 Å². The quantitative estimate of drug-likeness (QED) is 0.435. The van der Waals surface area contributed by atoms with Crippen LogP contribution < -0.4 is 20.1 Å². The SMILES string of the molecule is CCCCCC(=O)NC(Cc1ccccc1)C(=O)Nc1nnc(-c2ccc3c(c2)OCO3)s1. The molecular formula is C24H26N4O4S. The predicted octanol–water partition coefficient (Wildman–Crippen LogP) is 4.18. The highest BCUT2D eigenvalue weighted by atomic mass is 32.1. The second-order valence-electron chi connectivity index (χ2n) is 7.74. The van der Waals surface area contributed by atoms with Gasteiger partial charge in [-0.3, -0.25) is 14.9 Å². The van der Waals surface area contributed by atoms with Gasteiger partial charge in [-0.1, -0.05) is 61.4 Å². The van der Waals surface area contributed by atoms with Gasteiger partial charge in [0, 0.05) is 18.4 Å². The molecule has 3 aromatic rings. The maximum absolute atomic E-state index is 13.1. The first-order chi connectivity index (χ1) is 16.1. The number of carbonyl (C=O) groups is 2. The average Bonchev–Trinajstić information content (AvgIpc) is 3.48. The molecule has 1 aliphatic heterocycles. The molecule has 1 unspecified atom stereocenters. The third-order valence-corrected chi connectivity index (χ3v) is 6.10. The van der Waals surface area contributed by atoms with Crippen LogP contribution in [0.25, 0.3) is 10.6 Å². The third-order valence-electron chi connectivity index (χ3n) is 5.22. The predicted molar refractivity (Wildman–Crippen MR) is 126 cm³/mol. The summed E-state index contributed by atoms with van der Waals surface area (Å²) in [5.41, 5.74) is 1.78. The minimum atomic E-state index is -0.709. The van der Waals surface area contributed by atoms with Crippen molar-refractivity contribution in [3.8, 4) is 22.1 Å². The van der Waals surface area contributed by atoms with Crippen molar-refractivity contribution in [3.05, 3.63) is 54.1 Å². The van der Waals surface area contributed by atoms with Gasteiger partial charge in [-0.15, -0.1) is 10.2 Å². The average molecular weight is 467 g/mol. The van der Waals surface area contributed by atoms with E-state index >= 15 is 0 Å². The molecule has 0 aliphatic carbocycles. The molecule has 2 N–H and O–H groups in total. The normalized spacial score (nSPS) is 12.9. The van der Waals surface area contributed by atoms with Crippen LogP contribution in [-0.4, -0.2) is 34.8 Å².